The molecule has 1 saturated carbocycles. The van der Waals surface area contributed by atoms with Crippen LogP contribution in [0.5, 0.6) is 0 Å². The highest BCUT2D eigenvalue weighted by atomic mass is 16.2. The Morgan fingerprint density at radius 1 is 1.17 bits per heavy atom. The molecule has 5 nitrogen and oxygen atoms in total. The molecule has 1 aliphatic rings. The first-order valence-electron chi connectivity index (χ1n) is 5.95. The monoisotopic (exact) mass is 247 g/mol. The van der Waals surface area contributed by atoms with Crippen molar-refractivity contribution >= 4 is 23.3 Å². The highest BCUT2D eigenvalue weighted by Crippen LogP contribution is 2.30. The van der Waals surface area contributed by atoms with Crippen LogP contribution in [0.4, 0.5) is 16.2 Å². The predicted molar refractivity (Wildman–Crippen MR) is 70.5 cm³/mol. The maximum atomic E-state index is 11.6. The van der Waals surface area contributed by atoms with Crippen molar-refractivity contribution in [3.05, 3.63) is 24.3 Å². The van der Waals surface area contributed by atoms with Crippen LogP contribution < -0.4 is 10.6 Å². The van der Waals surface area contributed by atoms with Crippen LogP contribution in [-0.2, 0) is 4.79 Å². The highest BCUT2D eigenvalue weighted by molar-refractivity contribution is 5.95. The van der Waals surface area contributed by atoms with Crippen LogP contribution in [0.2, 0.25) is 0 Å². The molecule has 1 aromatic rings. The Bertz CT molecular complexity index is 436. The van der Waals surface area contributed by atoms with Crippen molar-refractivity contribution in [2.45, 2.75) is 12.8 Å². The minimum Gasteiger partial charge on any atom is -0.331 e. The van der Waals surface area contributed by atoms with Crippen molar-refractivity contribution in [2.24, 2.45) is 5.92 Å². The van der Waals surface area contributed by atoms with E-state index in [4.69, 9.17) is 0 Å². The zero-order valence-corrected chi connectivity index (χ0v) is 10.6. The molecule has 1 aliphatic carbocycles. The molecule has 0 bridgehead atoms. The van der Waals surface area contributed by atoms with Crippen molar-refractivity contribution in [2.75, 3.05) is 24.7 Å². The molecule has 0 atom stereocenters. The van der Waals surface area contributed by atoms with Crippen molar-refractivity contribution < 1.29 is 9.59 Å². The number of urea groups is 1. The molecule has 18 heavy (non-hydrogen) atoms. The summed E-state index contributed by atoms with van der Waals surface area (Å²) in [5, 5.41) is 5.58. The molecule has 1 fully saturated rings. The average molecular weight is 247 g/mol. The smallest absolute Gasteiger partial charge is 0.321 e. The Kier molecular flexibility index (Phi) is 3.50. The molecule has 0 saturated heterocycles. The summed E-state index contributed by atoms with van der Waals surface area (Å²) in [5.74, 6) is 0.233. The number of nitrogens with zero attached hydrogens (tertiary/aromatic N) is 1. The van der Waals surface area contributed by atoms with Gasteiger partial charge in [0.05, 0.1) is 0 Å². The van der Waals surface area contributed by atoms with Crippen molar-refractivity contribution in [1.29, 1.82) is 0 Å². The van der Waals surface area contributed by atoms with Gasteiger partial charge >= 0.3 is 6.03 Å². The summed E-state index contributed by atoms with van der Waals surface area (Å²) in [5.41, 5.74) is 1.38. The lowest BCUT2D eigenvalue weighted by atomic mass is 10.2. The number of carbonyl (C=O) groups excluding carboxylic acids is 2. The Labute approximate surface area is 106 Å². The van der Waals surface area contributed by atoms with Crippen LogP contribution >= 0.6 is 0 Å². The molecular formula is C13H17N3O2. The van der Waals surface area contributed by atoms with Crippen LogP contribution in [0.25, 0.3) is 0 Å². The molecule has 2 N–H and O–H groups in total. The lowest BCUT2D eigenvalue weighted by molar-refractivity contribution is -0.117. The van der Waals surface area contributed by atoms with E-state index in [-0.39, 0.29) is 17.9 Å². The molecule has 0 unspecified atom stereocenters. The van der Waals surface area contributed by atoms with E-state index in [1.54, 1.807) is 32.3 Å². The summed E-state index contributed by atoms with van der Waals surface area (Å²) in [6, 6.07) is 6.95. The summed E-state index contributed by atoms with van der Waals surface area (Å²) in [7, 11) is 3.35. The largest absolute Gasteiger partial charge is 0.331 e. The number of anilines is 2. The topological polar surface area (TPSA) is 61.4 Å². The fraction of sp³-hybridized carbons (Fsp3) is 0.385. The Hall–Kier alpha value is -2.04. The van der Waals surface area contributed by atoms with E-state index in [9.17, 15) is 9.59 Å². The Morgan fingerprint density at radius 3 is 2.33 bits per heavy atom. The molecule has 96 valence electrons. The van der Waals surface area contributed by atoms with E-state index in [1.165, 1.54) is 4.90 Å². The average Bonchev–Trinajstić information content (AvgIpc) is 3.12. The van der Waals surface area contributed by atoms with Crippen LogP contribution in [0.15, 0.2) is 24.3 Å². The minimum atomic E-state index is -0.194. The number of hydrogen-bond donors (Lipinski definition) is 2. The first-order chi connectivity index (χ1) is 8.56. The highest BCUT2D eigenvalue weighted by Gasteiger charge is 2.29. The molecule has 5 heteroatoms. The number of benzene rings is 1. The van der Waals surface area contributed by atoms with Gasteiger partial charge in [-0.1, -0.05) is 6.07 Å². The van der Waals surface area contributed by atoms with Gasteiger partial charge in [-0.15, -0.1) is 0 Å². The molecular weight excluding hydrogens is 230 g/mol. The SMILES string of the molecule is CN(C)C(=O)Nc1cccc(NC(=O)C2CC2)c1. The number of rotatable bonds is 3. The Balaban J connectivity index is 2.00. The van der Waals surface area contributed by atoms with Crippen LogP contribution in [0.1, 0.15) is 12.8 Å². The van der Waals surface area contributed by atoms with Crippen molar-refractivity contribution in [1.82, 2.24) is 4.90 Å². The van der Waals surface area contributed by atoms with Crippen molar-refractivity contribution in [3.63, 3.8) is 0 Å². The van der Waals surface area contributed by atoms with Gasteiger partial charge in [-0.2, -0.15) is 0 Å². The lowest BCUT2D eigenvalue weighted by Crippen LogP contribution is -2.27. The predicted octanol–water partition coefficient (Wildman–Crippen LogP) is 2.13. The summed E-state index contributed by atoms with van der Waals surface area (Å²) >= 11 is 0. The van der Waals surface area contributed by atoms with E-state index >= 15 is 0 Å². The number of nitrogens with one attached hydrogen (secondary N) is 2. The lowest BCUT2D eigenvalue weighted by Gasteiger charge is -2.13. The molecule has 0 aliphatic heterocycles. The van der Waals surface area contributed by atoms with E-state index in [0.717, 1.165) is 12.8 Å². The molecule has 0 heterocycles. The van der Waals surface area contributed by atoms with Gasteiger partial charge in [0.15, 0.2) is 0 Å². The third-order valence-electron chi connectivity index (χ3n) is 2.74. The fourth-order valence-corrected chi connectivity index (χ4v) is 1.50. The molecule has 3 amide bonds. The molecule has 2 rings (SSSR count). The standard InChI is InChI=1S/C13H17N3O2/c1-16(2)13(18)15-11-5-3-4-10(8-11)14-12(17)9-6-7-9/h3-5,8-9H,6-7H2,1-2H3,(H,14,17)(H,15,18). The van der Waals surface area contributed by atoms with Crippen LogP contribution in [0.3, 0.4) is 0 Å². The van der Waals surface area contributed by atoms with E-state index in [0.29, 0.717) is 11.4 Å². The van der Waals surface area contributed by atoms with E-state index < -0.39 is 0 Å². The van der Waals surface area contributed by atoms with Gasteiger partial charge < -0.3 is 15.5 Å². The quantitative estimate of drug-likeness (QED) is 0.859. The van der Waals surface area contributed by atoms with Gasteiger partial charge in [0.2, 0.25) is 5.91 Å². The summed E-state index contributed by atoms with van der Waals surface area (Å²) in [6.45, 7) is 0. The second kappa shape index (κ2) is 5.08. The Morgan fingerprint density at radius 2 is 1.78 bits per heavy atom. The van der Waals surface area contributed by atoms with Gasteiger partial charge in [0.1, 0.15) is 0 Å². The van der Waals surface area contributed by atoms with Gasteiger partial charge in [-0.05, 0) is 31.0 Å². The molecule has 0 aromatic heterocycles. The third-order valence-corrected chi connectivity index (χ3v) is 2.74. The maximum absolute atomic E-state index is 11.6. The first-order valence-corrected chi connectivity index (χ1v) is 5.95. The van der Waals surface area contributed by atoms with Gasteiger partial charge in [-0.25, -0.2) is 4.79 Å². The molecule has 0 radical (unpaired) electrons. The second-order valence-electron chi connectivity index (χ2n) is 4.67. The summed E-state index contributed by atoms with van der Waals surface area (Å²) in [6.07, 6.45) is 1.95. The fourth-order valence-electron chi connectivity index (χ4n) is 1.50. The van der Waals surface area contributed by atoms with Crippen LogP contribution in [0, 0.1) is 5.92 Å². The van der Waals surface area contributed by atoms with Gasteiger partial charge in [-0.3, -0.25) is 4.79 Å². The molecule has 1 aromatic carbocycles. The number of amides is 3. The van der Waals surface area contributed by atoms with E-state index in [1.807, 2.05) is 6.07 Å². The van der Waals surface area contributed by atoms with Gasteiger partial charge in [0.25, 0.3) is 0 Å². The molecule has 0 spiro atoms. The zero-order chi connectivity index (χ0) is 13.1. The maximum Gasteiger partial charge on any atom is 0.321 e. The van der Waals surface area contributed by atoms with Gasteiger partial charge in [0, 0.05) is 31.4 Å². The number of hydrogen-bond acceptors (Lipinski definition) is 2. The first kappa shape index (κ1) is 12.4. The summed E-state index contributed by atoms with van der Waals surface area (Å²) < 4.78 is 0. The van der Waals surface area contributed by atoms with Crippen LogP contribution in [-0.4, -0.2) is 30.9 Å². The number of carbonyl (C=O) groups is 2. The minimum absolute atomic E-state index is 0.0612. The summed E-state index contributed by atoms with van der Waals surface area (Å²) in [4.78, 5) is 24.6. The third kappa shape index (κ3) is 3.23. The normalized spacial score (nSPS) is 13.9. The van der Waals surface area contributed by atoms with E-state index in [2.05, 4.69) is 10.6 Å². The second-order valence-corrected chi connectivity index (χ2v) is 4.67. The van der Waals surface area contributed by atoms with Crippen molar-refractivity contribution in [3.8, 4) is 0 Å². The zero-order valence-electron chi connectivity index (χ0n) is 10.6.